The van der Waals surface area contributed by atoms with Gasteiger partial charge in [-0.15, -0.1) is 0 Å². The van der Waals surface area contributed by atoms with Crippen LogP contribution >= 0.6 is 11.3 Å². The van der Waals surface area contributed by atoms with E-state index in [2.05, 4.69) is 0 Å². The van der Waals surface area contributed by atoms with E-state index in [1.807, 2.05) is 29.0 Å². The Labute approximate surface area is 127 Å². The average Bonchev–Trinajstić information content (AvgIpc) is 3.04. The Morgan fingerprint density at radius 1 is 1.24 bits per heavy atom. The van der Waals surface area contributed by atoms with Crippen LogP contribution in [0.2, 0.25) is 0 Å². The molecular weight excluding hydrogens is 282 g/mol. The van der Waals surface area contributed by atoms with E-state index in [0.29, 0.717) is 5.57 Å². The van der Waals surface area contributed by atoms with E-state index in [1.165, 1.54) is 0 Å². The molecule has 0 amide bonds. The van der Waals surface area contributed by atoms with Crippen molar-refractivity contribution in [2.75, 3.05) is 0 Å². The van der Waals surface area contributed by atoms with E-state index in [1.54, 1.807) is 43.4 Å². The number of allylic oxidation sites excluding steroid dienone is 2. The normalized spacial score (nSPS) is 16.2. The van der Waals surface area contributed by atoms with E-state index in [9.17, 15) is 5.26 Å². The summed E-state index contributed by atoms with van der Waals surface area (Å²) in [7, 11) is 0. The molecule has 102 valence electrons. The number of nitriles is 3. The molecule has 0 unspecified atom stereocenters. The van der Waals surface area contributed by atoms with Crippen LogP contribution in [0.3, 0.4) is 0 Å². The molecule has 1 aliphatic rings. The number of rotatable bonds is 2. The number of hydrogen-bond donors (Lipinski definition) is 0. The first-order valence-corrected chi connectivity index (χ1v) is 7.06. The third kappa shape index (κ3) is 2.72. The fourth-order valence-electron chi connectivity index (χ4n) is 2.03. The Balaban J connectivity index is 2.57. The number of nitrogens with zero attached hydrogens (tertiary/aromatic N) is 3. The van der Waals surface area contributed by atoms with Gasteiger partial charge >= 0.3 is 0 Å². The van der Waals surface area contributed by atoms with Gasteiger partial charge in [-0.3, -0.25) is 0 Å². The summed E-state index contributed by atoms with van der Waals surface area (Å²) >= 11 is 1.58. The number of hydrogen-bond acceptors (Lipinski definition) is 5. The lowest BCUT2D eigenvalue weighted by Gasteiger charge is -2.20. The molecule has 0 aliphatic carbocycles. The highest BCUT2D eigenvalue weighted by Gasteiger charge is 2.38. The highest BCUT2D eigenvalue weighted by atomic mass is 32.1. The molecular formula is C16H11N3OS. The average molecular weight is 293 g/mol. The lowest BCUT2D eigenvalue weighted by atomic mass is 9.94. The second-order valence-corrected chi connectivity index (χ2v) is 5.61. The molecule has 0 N–H and O–H groups in total. The zero-order valence-corrected chi connectivity index (χ0v) is 12.4. The maximum Gasteiger partial charge on any atom is 0.172 e. The van der Waals surface area contributed by atoms with Crippen LogP contribution in [-0.4, -0.2) is 5.60 Å². The predicted octanol–water partition coefficient (Wildman–Crippen LogP) is 3.69. The van der Waals surface area contributed by atoms with Crippen molar-refractivity contribution in [2.24, 2.45) is 0 Å². The predicted molar refractivity (Wildman–Crippen MR) is 79.4 cm³/mol. The summed E-state index contributed by atoms with van der Waals surface area (Å²) in [6.07, 6.45) is 3.69. The Morgan fingerprint density at radius 2 is 1.95 bits per heavy atom. The molecule has 1 aromatic heterocycles. The van der Waals surface area contributed by atoms with Gasteiger partial charge in [-0.1, -0.05) is 12.2 Å². The lowest BCUT2D eigenvalue weighted by molar-refractivity contribution is 0.0954. The van der Waals surface area contributed by atoms with E-state index in [4.69, 9.17) is 15.3 Å². The first kappa shape index (κ1) is 14.6. The molecule has 0 atom stereocenters. The Hall–Kier alpha value is -2.81. The zero-order valence-electron chi connectivity index (χ0n) is 11.5. The molecule has 1 aromatic rings. The Bertz CT molecular complexity index is 759. The fraction of sp³-hybridized carbons (Fsp3) is 0.188. The van der Waals surface area contributed by atoms with E-state index in [0.717, 1.165) is 5.56 Å². The van der Waals surface area contributed by atoms with Gasteiger partial charge in [-0.2, -0.15) is 27.1 Å². The van der Waals surface area contributed by atoms with E-state index < -0.39 is 5.60 Å². The molecule has 0 fully saturated rings. The van der Waals surface area contributed by atoms with Gasteiger partial charge < -0.3 is 4.74 Å². The minimum absolute atomic E-state index is 0.0671. The topological polar surface area (TPSA) is 80.6 Å². The monoisotopic (exact) mass is 293 g/mol. The second-order valence-electron chi connectivity index (χ2n) is 4.83. The Kier molecular flexibility index (Phi) is 3.94. The summed E-state index contributed by atoms with van der Waals surface area (Å²) in [5.41, 5.74) is 0.988. The number of ether oxygens (including phenoxy) is 1. The summed E-state index contributed by atoms with van der Waals surface area (Å²) in [6, 6.07) is 7.55. The van der Waals surface area contributed by atoms with Crippen LogP contribution in [0, 0.1) is 34.0 Å². The molecule has 0 saturated heterocycles. The summed E-state index contributed by atoms with van der Waals surface area (Å²) < 4.78 is 5.67. The molecule has 2 heterocycles. The van der Waals surface area contributed by atoms with Gasteiger partial charge in [-0.25, -0.2) is 0 Å². The maximum atomic E-state index is 9.36. The summed E-state index contributed by atoms with van der Waals surface area (Å²) in [6.45, 7) is 3.61. The van der Waals surface area contributed by atoms with Crippen molar-refractivity contribution in [2.45, 2.75) is 19.4 Å². The van der Waals surface area contributed by atoms with Crippen molar-refractivity contribution in [3.63, 3.8) is 0 Å². The molecule has 21 heavy (non-hydrogen) atoms. The van der Waals surface area contributed by atoms with Crippen LogP contribution in [0.15, 0.2) is 45.4 Å². The summed E-state index contributed by atoms with van der Waals surface area (Å²) in [5, 5.41) is 31.3. The highest BCUT2D eigenvalue weighted by molar-refractivity contribution is 7.08. The van der Waals surface area contributed by atoms with Gasteiger partial charge in [0.15, 0.2) is 11.3 Å². The minimum Gasteiger partial charge on any atom is -0.480 e. The van der Waals surface area contributed by atoms with Crippen molar-refractivity contribution in [1.82, 2.24) is 0 Å². The third-order valence-corrected chi connectivity index (χ3v) is 3.75. The first-order valence-electron chi connectivity index (χ1n) is 6.12. The van der Waals surface area contributed by atoms with Crippen molar-refractivity contribution in [3.8, 4) is 18.2 Å². The van der Waals surface area contributed by atoms with Crippen molar-refractivity contribution < 1.29 is 4.74 Å². The highest BCUT2D eigenvalue weighted by Crippen LogP contribution is 2.40. The van der Waals surface area contributed by atoms with Crippen LogP contribution in [0.1, 0.15) is 19.4 Å². The molecule has 5 heteroatoms. The SMILES string of the molecule is CC1(C)OC(=C(C#N)C#N)C(C#N)=C1/C=C/c1ccsc1. The van der Waals surface area contributed by atoms with Crippen LogP contribution in [0.5, 0.6) is 0 Å². The molecule has 0 saturated carbocycles. The fourth-order valence-corrected chi connectivity index (χ4v) is 2.66. The molecule has 0 radical (unpaired) electrons. The smallest absolute Gasteiger partial charge is 0.172 e. The van der Waals surface area contributed by atoms with E-state index in [-0.39, 0.29) is 16.9 Å². The van der Waals surface area contributed by atoms with Gasteiger partial charge in [-0.05, 0) is 36.2 Å². The van der Waals surface area contributed by atoms with Gasteiger partial charge in [0, 0.05) is 5.57 Å². The molecule has 1 aliphatic heterocycles. The van der Waals surface area contributed by atoms with Crippen LogP contribution in [0.25, 0.3) is 6.08 Å². The molecule has 2 rings (SSSR count). The molecule has 0 bridgehead atoms. The van der Waals surface area contributed by atoms with Crippen LogP contribution in [0.4, 0.5) is 0 Å². The molecule has 4 nitrogen and oxygen atoms in total. The first-order chi connectivity index (χ1) is 10.0. The van der Waals surface area contributed by atoms with Gasteiger partial charge in [0.25, 0.3) is 0 Å². The minimum atomic E-state index is -0.758. The summed E-state index contributed by atoms with van der Waals surface area (Å²) in [4.78, 5) is 0. The van der Waals surface area contributed by atoms with Crippen molar-refractivity contribution in [3.05, 3.63) is 50.9 Å². The zero-order chi connectivity index (χ0) is 15.5. The van der Waals surface area contributed by atoms with E-state index >= 15 is 0 Å². The van der Waals surface area contributed by atoms with Gasteiger partial charge in [0.1, 0.15) is 29.4 Å². The Morgan fingerprint density at radius 3 is 2.48 bits per heavy atom. The second kappa shape index (κ2) is 5.67. The number of thiophene rings is 1. The molecule has 0 spiro atoms. The quantitative estimate of drug-likeness (QED) is 0.779. The third-order valence-electron chi connectivity index (χ3n) is 3.05. The van der Waals surface area contributed by atoms with Crippen molar-refractivity contribution in [1.29, 1.82) is 15.8 Å². The van der Waals surface area contributed by atoms with Gasteiger partial charge in [0.05, 0.1) is 0 Å². The maximum absolute atomic E-state index is 9.36. The molecule has 0 aromatic carbocycles. The van der Waals surface area contributed by atoms with Gasteiger partial charge in [0.2, 0.25) is 0 Å². The summed E-state index contributed by atoms with van der Waals surface area (Å²) in [5.74, 6) is 0.0671. The van der Waals surface area contributed by atoms with Crippen molar-refractivity contribution >= 4 is 17.4 Å². The largest absolute Gasteiger partial charge is 0.480 e. The van der Waals surface area contributed by atoms with Crippen LogP contribution < -0.4 is 0 Å². The van der Waals surface area contributed by atoms with Crippen LogP contribution in [-0.2, 0) is 4.74 Å². The lowest BCUT2D eigenvalue weighted by Crippen LogP contribution is -2.20. The standard InChI is InChI=1S/C16H11N3OS/c1-16(2)14(4-3-11-5-6-21-10-11)13(9-19)15(20-16)12(7-17)8-18/h3-6,10H,1-2H3/b4-3+.